The van der Waals surface area contributed by atoms with Gasteiger partial charge in [-0.15, -0.1) is 0 Å². The number of nitrogens with zero attached hydrogens (tertiary/aromatic N) is 1. The first-order valence-electron chi connectivity index (χ1n) is 7.07. The molecule has 0 saturated carbocycles. The number of urea groups is 1. The molecule has 0 radical (unpaired) electrons. The summed E-state index contributed by atoms with van der Waals surface area (Å²) in [5, 5.41) is 2.58. The second-order valence-electron chi connectivity index (χ2n) is 5.32. The van der Waals surface area contributed by atoms with Crippen LogP contribution in [0.1, 0.15) is 6.42 Å². The summed E-state index contributed by atoms with van der Waals surface area (Å²) in [6, 6.07) is 2.44. The molecule has 0 aliphatic carbocycles. The Labute approximate surface area is 133 Å². The molecule has 2 amide bonds. The van der Waals surface area contributed by atoms with Gasteiger partial charge in [-0.3, -0.25) is 0 Å². The number of amides is 2. The maximum atomic E-state index is 13.0. The van der Waals surface area contributed by atoms with E-state index in [2.05, 4.69) is 5.32 Å². The summed E-state index contributed by atoms with van der Waals surface area (Å²) in [5.41, 5.74) is 0. The second kappa shape index (κ2) is 7.12. The molecule has 0 aromatic heterocycles. The Bertz CT molecular complexity index is 681. The third-order valence-electron chi connectivity index (χ3n) is 3.61. The predicted molar refractivity (Wildman–Crippen MR) is 80.1 cm³/mol. The third kappa shape index (κ3) is 4.78. The molecule has 1 aliphatic heterocycles. The summed E-state index contributed by atoms with van der Waals surface area (Å²) in [4.78, 5) is 13.3. The zero-order chi connectivity index (χ0) is 17.0. The minimum Gasteiger partial charge on any atom is -0.492 e. The van der Waals surface area contributed by atoms with Crippen LogP contribution in [0, 0.1) is 11.6 Å². The zero-order valence-corrected chi connectivity index (χ0v) is 13.4. The van der Waals surface area contributed by atoms with E-state index in [0.717, 1.165) is 12.1 Å². The van der Waals surface area contributed by atoms with Crippen molar-refractivity contribution >= 4 is 15.9 Å². The number of benzene rings is 1. The van der Waals surface area contributed by atoms with Crippen LogP contribution in [0.3, 0.4) is 0 Å². The lowest BCUT2D eigenvalue weighted by Gasteiger charge is -2.23. The lowest BCUT2D eigenvalue weighted by atomic mass is 10.2. The number of carbonyl (C=O) groups excluding carboxylic acids is 1. The number of sulfone groups is 1. The highest BCUT2D eigenvalue weighted by atomic mass is 32.2. The average molecular weight is 348 g/mol. The molecule has 2 rings (SSSR count). The van der Waals surface area contributed by atoms with E-state index in [1.54, 1.807) is 0 Å². The van der Waals surface area contributed by atoms with Crippen molar-refractivity contribution in [2.45, 2.75) is 12.5 Å². The summed E-state index contributed by atoms with van der Waals surface area (Å²) in [6.45, 7) is 0.231. The van der Waals surface area contributed by atoms with Crippen molar-refractivity contribution in [3.05, 3.63) is 29.8 Å². The van der Waals surface area contributed by atoms with Gasteiger partial charge in [0.1, 0.15) is 12.4 Å². The highest BCUT2D eigenvalue weighted by molar-refractivity contribution is 7.91. The molecule has 1 atom stereocenters. The normalized spacial score (nSPS) is 19.3. The van der Waals surface area contributed by atoms with Crippen LogP contribution in [0.5, 0.6) is 5.75 Å². The number of ether oxygens (including phenoxy) is 1. The molecule has 9 heteroatoms. The quantitative estimate of drug-likeness (QED) is 0.811. The topological polar surface area (TPSA) is 75.7 Å². The van der Waals surface area contributed by atoms with E-state index in [1.807, 2.05) is 0 Å². The van der Waals surface area contributed by atoms with Crippen molar-refractivity contribution in [1.82, 2.24) is 10.2 Å². The molecule has 1 saturated heterocycles. The number of nitrogens with one attached hydrogen (secondary N) is 1. The van der Waals surface area contributed by atoms with Gasteiger partial charge in [0.2, 0.25) is 0 Å². The molecular formula is C14H18F2N2O4S. The molecule has 1 N–H and O–H groups in total. The van der Waals surface area contributed by atoms with E-state index < -0.39 is 27.5 Å². The van der Waals surface area contributed by atoms with Gasteiger partial charge in [-0.2, -0.15) is 0 Å². The van der Waals surface area contributed by atoms with Crippen molar-refractivity contribution in [2.75, 3.05) is 31.7 Å². The zero-order valence-electron chi connectivity index (χ0n) is 12.6. The standard InChI is InChI=1S/C14H18F2N2O4S/c1-18(10-4-7-23(20,21)9-10)14(19)17-5-6-22-11-2-3-12(15)13(16)8-11/h2-3,8,10H,4-7,9H2,1H3,(H,17,19). The Morgan fingerprint density at radius 2 is 2.13 bits per heavy atom. The average Bonchev–Trinajstić information content (AvgIpc) is 2.86. The van der Waals surface area contributed by atoms with E-state index in [-0.39, 0.29) is 36.4 Å². The second-order valence-corrected chi connectivity index (χ2v) is 7.55. The summed E-state index contributed by atoms with van der Waals surface area (Å²) >= 11 is 0. The van der Waals surface area contributed by atoms with Crippen LogP contribution in [0.2, 0.25) is 0 Å². The van der Waals surface area contributed by atoms with Crippen molar-refractivity contribution in [2.24, 2.45) is 0 Å². The lowest BCUT2D eigenvalue weighted by Crippen LogP contribution is -2.45. The van der Waals surface area contributed by atoms with Gasteiger partial charge in [-0.05, 0) is 18.6 Å². The minimum atomic E-state index is -3.06. The van der Waals surface area contributed by atoms with Gasteiger partial charge in [0, 0.05) is 19.2 Å². The largest absolute Gasteiger partial charge is 0.492 e. The van der Waals surface area contributed by atoms with Crippen LogP contribution in [-0.2, 0) is 9.84 Å². The highest BCUT2D eigenvalue weighted by Gasteiger charge is 2.32. The number of carbonyl (C=O) groups is 1. The van der Waals surface area contributed by atoms with Crippen molar-refractivity contribution < 1.29 is 26.7 Å². The van der Waals surface area contributed by atoms with E-state index in [9.17, 15) is 22.0 Å². The van der Waals surface area contributed by atoms with Crippen molar-refractivity contribution in [3.63, 3.8) is 0 Å². The van der Waals surface area contributed by atoms with Crippen LogP contribution in [-0.4, -0.2) is 57.1 Å². The molecular weight excluding hydrogens is 330 g/mol. The fraction of sp³-hybridized carbons (Fsp3) is 0.500. The minimum absolute atomic E-state index is 0.0255. The van der Waals surface area contributed by atoms with Gasteiger partial charge >= 0.3 is 6.03 Å². The van der Waals surface area contributed by atoms with Crippen LogP contribution < -0.4 is 10.1 Å². The Morgan fingerprint density at radius 1 is 1.39 bits per heavy atom. The molecule has 6 nitrogen and oxygen atoms in total. The summed E-state index contributed by atoms with van der Waals surface area (Å²) in [7, 11) is -1.52. The van der Waals surface area contributed by atoms with Crippen LogP contribution >= 0.6 is 0 Å². The molecule has 23 heavy (non-hydrogen) atoms. The molecule has 1 aliphatic rings. The Balaban J connectivity index is 1.73. The van der Waals surface area contributed by atoms with E-state index in [4.69, 9.17) is 4.74 Å². The SMILES string of the molecule is CN(C(=O)NCCOc1ccc(F)c(F)c1)C1CCS(=O)(=O)C1. The van der Waals surface area contributed by atoms with E-state index in [1.165, 1.54) is 18.0 Å². The Kier molecular flexibility index (Phi) is 5.40. The Morgan fingerprint density at radius 3 is 2.74 bits per heavy atom. The van der Waals surface area contributed by atoms with E-state index >= 15 is 0 Å². The first-order valence-corrected chi connectivity index (χ1v) is 8.89. The highest BCUT2D eigenvalue weighted by Crippen LogP contribution is 2.17. The van der Waals surface area contributed by atoms with Gasteiger partial charge < -0.3 is 15.0 Å². The number of rotatable bonds is 5. The number of halogens is 2. The number of hydrogen-bond acceptors (Lipinski definition) is 4. The van der Waals surface area contributed by atoms with Gasteiger partial charge in [-0.25, -0.2) is 22.0 Å². The van der Waals surface area contributed by atoms with Crippen LogP contribution in [0.25, 0.3) is 0 Å². The lowest BCUT2D eigenvalue weighted by molar-refractivity contribution is 0.192. The molecule has 1 unspecified atom stereocenters. The third-order valence-corrected chi connectivity index (χ3v) is 5.36. The molecule has 1 aromatic carbocycles. The first kappa shape index (κ1) is 17.5. The maximum Gasteiger partial charge on any atom is 0.317 e. The van der Waals surface area contributed by atoms with Crippen LogP contribution in [0.4, 0.5) is 13.6 Å². The molecule has 1 heterocycles. The molecule has 1 fully saturated rings. The Hall–Kier alpha value is -1.90. The molecule has 1 aromatic rings. The molecule has 0 spiro atoms. The molecule has 0 bridgehead atoms. The summed E-state index contributed by atoms with van der Waals surface area (Å²) < 4.78 is 53.7. The van der Waals surface area contributed by atoms with Gasteiger partial charge in [-0.1, -0.05) is 0 Å². The monoisotopic (exact) mass is 348 g/mol. The smallest absolute Gasteiger partial charge is 0.317 e. The van der Waals surface area contributed by atoms with Crippen molar-refractivity contribution in [3.8, 4) is 5.75 Å². The number of hydrogen-bond donors (Lipinski definition) is 1. The maximum absolute atomic E-state index is 13.0. The van der Waals surface area contributed by atoms with Crippen molar-refractivity contribution in [1.29, 1.82) is 0 Å². The molecule has 128 valence electrons. The van der Waals surface area contributed by atoms with E-state index in [0.29, 0.717) is 6.42 Å². The summed E-state index contributed by atoms with van der Waals surface area (Å²) in [6.07, 6.45) is 0.428. The predicted octanol–water partition coefficient (Wildman–Crippen LogP) is 1.17. The summed E-state index contributed by atoms with van der Waals surface area (Å²) in [5.74, 6) is -1.74. The van der Waals surface area contributed by atoms with Gasteiger partial charge in [0.15, 0.2) is 21.5 Å². The fourth-order valence-corrected chi connectivity index (χ4v) is 4.04. The van der Waals surface area contributed by atoms with Crippen LogP contribution in [0.15, 0.2) is 18.2 Å². The van der Waals surface area contributed by atoms with Gasteiger partial charge in [0.25, 0.3) is 0 Å². The first-order chi connectivity index (χ1) is 10.8. The van der Waals surface area contributed by atoms with Gasteiger partial charge in [0.05, 0.1) is 18.1 Å². The fourth-order valence-electron chi connectivity index (χ4n) is 2.26.